The molecule has 0 aromatic heterocycles. The molecule has 1 aromatic carbocycles. The van der Waals surface area contributed by atoms with E-state index in [1.165, 1.54) is 5.56 Å². The van der Waals surface area contributed by atoms with Crippen LogP contribution in [0.4, 0.5) is 0 Å². The van der Waals surface area contributed by atoms with Gasteiger partial charge < -0.3 is 21.9 Å². The number of rotatable bonds is 6. The van der Waals surface area contributed by atoms with Crippen LogP contribution in [0.2, 0.25) is 0 Å². The molecule has 0 radical (unpaired) electrons. The molecule has 5 heteroatoms. The van der Waals surface area contributed by atoms with Crippen LogP contribution < -0.4 is 12.4 Å². The Morgan fingerprint density at radius 3 is 2.58 bits per heavy atom. The van der Waals surface area contributed by atoms with E-state index in [-0.39, 0.29) is 17.7 Å². The zero-order valence-electron chi connectivity index (χ0n) is 11.0. The van der Waals surface area contributed by atoms with Crippen LogP contribution in [0.25, 0.3) is 0 Å². The minimum atomic E-state index is 0. The molecular formula is C14H21ClNO2S-. The van der Waals surface area contributed by atoms with Gasteiger partial charge in [-0.2, -0.15) is 12.6 Å². The molecule has 0 N–H and O–H groups in total. The van der Waals surface area contributed by atoms with E-state index in [2.05, 4.69) is 29.7 Å². The molecule has 0 amide bonds. The normalized spacial score (nSPS) is 17.7. The van der Waals surface area contributed by atoms with Crippen molar-refractivity contribution in [3.05, 3.63) is 35.9 Å². The minimum absolute atomic E-state index is 0. The molecule has 1 atom stereocenters. The van der Waals surface area contributed by atoms with Gasteiger partial charge >= 0.3 is 0 Å². The molecule has 0 saturated carbocycles. The third-order valence-corrected chi connectivity index (χ3v) is 3.31. The van der Waals surface area contributed by atoms with Crippen LogP contribution in [0.1, 0.15) is 5.56 Å². The van der Waals surface area contributed by atoms with Gasteiger partial charge in [0.15, 0.2) is 0 Å². The van der Waals surface area contributed by atoms with Gasteiger partial charge in [-0.05, 0) is 5.56 Å². The minimum Gasteiger partial charge on any atom is -1.00 e. The molecule has 3 nitrogen and oxygen atoms in total. The highest BCUT2D eigenvalue weighted by Gasteiger charge is 2.14. The molecule has 19 heavy (non-hydrogen) atoms. The molecule has 1 aromatic rings. The lowest BCUT2D eigenvalue weighted by molar-refractivity contribution is -0.00000536. The molecule has 1 heterocycles. The number of halogens is 1. The highest BCUT2D eigenvalue weighted by Crippen LogP contribution is 2.06. The predicted octanol–water partition coefficient (Wildman–Crippen LogP) is -1.16. The summed E-state index contributed by atoms with van der Waals surface area (Å²) < 4.78 is 11.0. The molecule has 1 unspecified atom stereocenters. The van der Waals surface area contributed by atoms with Crippen LogP contribution in [-0.4, -0.2) is 49.6 Å². The SMILES string of the molecule is SC(COCc1ccccc1)CN1CCOCC1.[Cl-]. The highest BCUT2D eigenvalue weighted by atomic mass is 35.5. The quantitative estimate of drug-likeness (QED) is 0.670. The summed E-state index contributed by atoms with van der Waals surface area (Å²) >= 11 is 4.58. The Morgan fingerprint density at radius 2 is 1.89 bits per heavy atom. The van der Waals surface area contributed by atoms with Crippen molar-refractivity contribution in [3.8, 4) is 0 Å². The summed E-state index contributed by atoms with van der Waals surface area (Å²) in [6.07, 6.45) is 0. The van der Waals surface area contributed by atoms with Crippen molar-refractivity contribution < 1.29 is 21.9 Å². The summed E-state index contributed by atoms with van der Waals surface area (Å²) in [4.78, 5) is 2.38. The fourth-order valence-corrected chi connectivity index (χ4v) is 2.36. The van der Waals surface area contributed by atoms with E-state index in [1.807, 2.05) is 18.2 Å². The summed E-state index contributed by atoms with van der Waals surface area (Å²) in [7, 11) is 0. The zero-order valence-corrected chi connectivity index (χ0v) is 12.7. The number of hydrogen-bond donors (Lipinski definition) is 1. The lowest BCUT2D eigenvalue weighted by atomic mass is 10.2. The largest absolute Gasteiger partial charge is 1.00 e. The van der Waals surface area contributed by atoms with Crippen LogP contribution in [0, 0.1) is 0 Å². The molecule has 0 bridgehead atoms. The topological polar surface area (TPSA) is 21.7 Å². The van der Waals surface area contributed by atoms with E-state index in [1.54, 1.807) is 0 Å². The van der Waals surface area contributed by atoms with Crippen molar-refractivity contribution in [1.82, 2.24) is 4.90 Å². The third kappa shape index (κ3) is 6.63. The number of benzene rings is 1. The first-order valence-corrected chi connectivity index (χ1v) is 6.96. The van der Waals surface area contributed by atoms with E-state index < -0.39 is 0 Å². The second-order valence-corrected chi connectivity index (χ2v) is 5.30. The van der Waals surface area contributed by atoms with Crippen molar-refractivity contribution in [2.45, 2.75) is 11.9 Å². The van der Waals surface area contributed by atoms with Gasteiger partial charge in [-0.25, -0.2) is 0 Å². The lowest BCUT2D eigenvalue weighted by Crippen LogP contribution is -3.00. The Morgan fingerprint density at radius 1 is 1.21 bits per heavy atom. The summed E-state index contributed by atoms with van der Waals surface area (Å²) in [5.41, 5.74) is 1.21. The van der Waals surface area contributed by atoms with Gasteiger partial charge in [0.25, 0.3) is 0 Å². The van der Waals surface area contributed by atoms with Crippen molar-refractivity contribution in [1.29, 1.82) is 0 Å². The maximum absolute atomic E-state index is 5.69. The fraction of sp³-hybridized carbons (Fsp3) is 0.571. The summed E-state index contributed by atoms with van der Waals surface area (Å²) in [6.45, 7) is 6.03. The number of hydrogen-bond acceptors (Lipinski definition) is 4. The van der Waals surface area contributed by atoms with Gasteiger partial charge in [0.1, 0.15) is 0 Å². The maximum Gasteiger partial charge on any atom is 0.0717 e. The van der Waals surface area contributed by atoms with Crippen LogP contribution in [-0.2, 0) is 16.1 Å². The lowest BCUT2D eigenvalue weighted by Gasteiger charge is -2.28. The van der Waals surface area contributed by atoms with Gasteiger partial charge in [0.2, 0.25) is 0 Å². The molecular weight excluding hydrogens is 282 g/mol. The summed E-state index contributed by atoms with van der Waals surface area (Å²) in [5.74, 6) is 0. The van der Waals surface area contributed by atoms with E-state index in [9.17, 15) is 0 Å². The predicted molar refractivity (Wildman–Crippen MR) is 76.1 cm³/mol. The molecule has 1 fully saturated rings. The van der Waals surface area contributed by atoms with Gasteiger partial charge in [-0.3, -0.25) is 4.90 Å². The van der Waals surface area contributed by atoms with E-state index in [4.69, 9.17) is 9.47 Å². The molecule has 1 aliphatic rings. The molecule has 1 saturated heterocycles. The van der Waals surface area contributed by atoms with Gasteiger partial charge in [0, 0.05) is 24.9 Å². The van der Waals surface area contributed by atoms with Crippen molar-refractivity contribution in [2.24, 2.45) is 0 Å². The third-order valence-electron chi connectivity index (χ3n) is 2.99. The van der Waals surface area contributed by atoms with Crippen LogP contribution in [0.3, 0.4) is 0 Å². The Hall–Kier alpha value is -0.260. The van der Waals surface area contributed by atoms with Crippen LogP contribution in [0.5, 0.6) is 0 Å². The number of thiol groups is 1. The molecule has 108 valence electrons. The second-order valence-electron chi connectivity index (χ2n) is 4.57. The van der Waals surface area contributed by atoms with Crippen molar-refractivity contribution in [3.63, 3.8) is 0 Å². The monoisotopic (exact) mass is 302 g/mol. The zero-order chi connectivity index (χ0) is 12.6. The van der Waals surface area contributed by atoms with Crippen molar-refractivity contribution in [2.75, 3.05) is 39.5 Å². The fourth-order valence-electron chi connectivity index (χ4n) is 2.02. The molecule has 0 spiro atoms. The summed E-state index contributed by atoms with van der Waals surface area (Å²) in [5, 5.41) is 0.270. The van der Waals surface area contributed by atoms with Crippen LogP contribution >= 0.6 is 12.6 Å². The Labute approximate surface area is 127 Å². The first kappa shape index (κ1) is 16.8. The Balaban J connectivity index is 0.00000180. The number of morpholine rings is 1. The molecule has 1 aliphatic heterocycles. The summed E-state index contributed by atoms with van der Waals surface area (Å²) in [6, 6.07) is 10.2. The second kappa shape index (κ2) is 9.61. The smallest absolute Gasteiger partial charge is 0.0717 e. The number of nitrogens with zero attached hydrogens (tertiary/aromatic N) is 1. The molecule has 2 rings (SSSR count). The first-order valence-electron chi connectivity index (χ1n) is 6.44. The highest BCUT2D eigenvalue weighted by molar-refractivity contribution is 7.81. The van der Waals surface area contributed by atoms with E-state index >= 15 is 0 Å². The Bertz CT molecular complexity index is 333. The Kier molecular flexibility index (Phi) is 8.50. The van der Waals surface area contributed by atoms with Gasteiger partial charge in [-0.15, -0.1) is 0 Å². The molecule has 0 aliphatic carbocycles. The standard InChI is InChI=1S/C14H21NO2S.ClH/c18-14(10-15-6-8-16-9-7-15)12-17-11-13-4-2-1-3-5-13;/h1-5,14,18H,6-12H2;1H/p-1. The van der Waals surface area contributed by atoms with Crippen molar-refractivity contribution >= 4 is 12.6 Å². The van der Waals surface area contributed by atoms with Gasteiger partial charge in [0.05, 0.1) is 26.4 Å². The van der Waals surface area contributed by atoms with E-state index in [0.29, 0.717) is 13.2 Å². The first-order chi connectivity index (χ1) is 8.84. The van der Waals surface area contributed by atoms with E-state index in [0.717, 1.165) is 32.8 Å². The van der Waals surface area contributed by atoms with Gasteiger partial charge in [-0.1, -0.05) is 30.3 Å². The average molecular weight is 303 g/mol. The number of ether oxygens (including phenoxy) is 2. The maximum atomic E-state index is 5.69. The van der Waals surface area contributed by atoms with Crippen LogP contribution in [0.15, 0.2) is 30.3 Å². The average Bonchev–Trinajstić information content (AvgIpc) is 2.41.